The van der Waals surface area contributed by atoms with Crippen LogP contribution >= 0.6 is 0 Å². The molecule has 2 N–H and O–H groups in total. The summed E-state index contributed by atoms with van der Waals surface area (Å²) < 4.78 is 5.64. The third-order valence-corrected chi connectivity index (χ3v) is 6.37. The number of nitrogens with one attached hydrogen (secondary N) is 1. The molecule has 0 amide bonds. The predicted molar refractivity (Wildman–Crippen MR) is 94.2 cm³/mol. The number of carboxylic acid groups (broad SMARTS) is 1. The van der Waals surface area contributed by atoms with Crippen molar-refractivity contribution in [3.8, 4) is 0 Å². The van der Waals surface area contributed by atoms with Crippen molar-refractivity contribution in [1.29, 1.82) is 0 Å². The third-order valence-electron chi connectivity index (χ3n) is 6.37. The summed E-state index contributed by atoms with van der Waals surface area (Å²) in [4.78, 5) is 17.8. The van der Waals surface area contributed by atoms with E-state index in [1.165, 1.54) is 28.4 Å². The molecule has 4 unspecified atom stereocenters. The Kier molecular flexibility index (Phi) is 3.22. The van der Waals surface area contributed by atoms with E-state index in [0.29, 0.717) is 5.57 Å². The van der Waals surface area contributed by atoms with E-state index in [-0.39, 0.29) is 24.0 Å². The Morgan fingerprint density at radius 1 is 1.36 bits per heavy atom. The minimum Gasteiger partial charge on any atom is -0.497 e. The number of ether oxygens (including phenoxy) is 1. The van der Waals surface area contributed by atoms with Crippen molar-refractivity contribution in [2.45, 2.75) is 31.9 Å². The summed E-state index contributed by atoms with van der Waals surface area (Å²) >= 11 is 0. The summed E-state index contributed by atoms with van der Waals surface area (Å²) in [7, 11) is 0. The zero-order valence-electron chi connectivity index (χ0n) is 14.2. The van der Waals surface area contributed by atoms with E-state index in [2.05, 4.69) is 41.1 Å². The van der Waals surface area contributed by atoms with Crippen molar-refractivity contribution < 1.29 is 14.6 Å². The number of aliphatic carboxylic acids is 1. The maximum Gasteiger partial charge on any atom is 0.334 e. The molecule has 5 heteroatoms. The highest BCUT2D eigenvalue weighted by atomic mass is 16.5. The van der Waals surface area contributed by atoms with E-state index in [9.17, 15) is 9.90 Å². The topological polar surface area (TPSA) is 65.6 Å². The fraction of sp³-hybridized carbons (Fsp3) is 0.450. The number of para-hydroxylation sites is 1. The maximum absolute atomic E-state index is 11.7. The van der Waals surface area contributed by atoms with Crippen LogP contribution in [0.3, 0.4) is 0 Å². The second-order valence-corrected chi connectivity index (χ2v) is 7.55. The number of H-pyrrole nitrogens is 1. The largest absolute Gasteiger partial charge is 0.497 e. The number of nitrogens with zero attached hydrogens (tertiary/aromatic N) is 1. The number of fused-ring (bicyclic) bond motifs is 6. The standard InChI is InChI=1S/C20H22N2O3/c1-11-15-9-22-7-6-13-12-4-2-3-5-17(12)21-19(13)18(22)8-14(15)16(10-25-11)20(23)24/h2-5,10-11,14-15,18,21H,6-9H2,1H3,(H,23,24). The van der Waals surface area contributed by atoms with Crippen molar-refractivity contribution in [1.82, 2.24) is 9.88 Å². The van der Waals surface area contributed by atoms with Gasteiger partial charge in [-0.1, -0.05) is 18.2 Å². The predicted octanol–water partition coefficient (Wildman–Crippen LogP) is 3.09. The Morgan fingerprint density at radius 3 is 3.04 bits per heavy atom. The quantitative estimate of drug-likeness (QED) is 0.839. The molecule has 25 heavy (non-hydrogen) atoms. The van der Waals surface area contributed by atoms with Gasteiger partial charge in [0.2, 0.25) is 0 Å². The van der Waals surface area contributed by atoms with E-state index >= 15 is 0 Å². The molecule has 4 heterocycles. The molecular formula is C20H22N2O3. The van der Waals surface area contributed by atoms with Gasteiger partial charge < -0.3 is 14.8 Å². The molecule has 1 aromatic heterocycles. The number of carbonyl (C=O) groups is 1. The van der Waals surface area contributed by atoms with E-state index < -0.39 is 5.97 Å². The minimum absolute atomic E-state index is 0.0554. The van der Waals surface area contributed by atoms with Crippen molar-refractivity contribution in [3.63, 3.8) is 0 Å². The monoisotopic (exact) mass is 338 g/mol. The normalized spacial score (nSPS) is 31.5. The highest BCUT2D eigenvalue weighted by Crippen LogP contribution is 2.47. The van der Waals surface area contributed by atoms with E-state index in [1.807, 2.05) is 0 Å². The third kappa shape index (κ3) is 2.15. The van der Waals surface area contributed by atoms with Crippen molar-refractivity contribution >= 4 is 16.9 Å². The first kappa shape index (κ1) is 15.0. The second-order valence-electron chi connectivity index (χ2n) is 7.55. The number of aromatic nitrogens is 1. The first-order valence-electron chi connectivity index (χ1n) is 9.06. The molecule has 3 aliphatic heterocycles. The lowest BCUT2D eigenvalue weighted by molar-refractivity contribution is -0.135. The number of hydrogen-bond acceptors (Lipinski definition) is 3. The lowest BCUT2D eigenvalue weighted by Crippen LogP contribution is -2.51. The summed E-state index contributed by atoms with van der Waals surface area (Å²) in [5, 5.41) is 10.9. The van der Waals surface area contributed by atoms with Gasteiger partial charge in [-0.25, -0.2) is 4.79 Å². The molecule has 1 fully saturated rings. The fourth-order valence-electron chi connectivity index (χ4n) is 5.08. The van der Waals surface area contributed by atoms with Gasteiger partial charge in [0, 0.05) is 41.5 Å². The van der Waals surface area contributed by atoms with Gasteiger partial charge in [-0.3, -0.25) is 4.90 Å². The Morgan fingerprint density at radius 2 is 2.20 bits per heavy atom. The van der Waals surface area contributed by atoms with Crippen molar-refractivity contribution in [3.05, 3.63) is 47.4 Å². The summed E-state index contributed by atoms with van der Waals surface area (Å²) in [6.07, 6.45) is 3.44. The summed E-state index contributed by atoms with van der Waals surface area (Å²) in [6, 6.07) is 8.73. The van der Waals surface area contributed by atoms with Crippen LogP contribution in [0.25, 0.3) is 10.9 Å². The van der Waals surface area contributed by atoms with E-state index in [1.54, 1.807) is 0 Å². The second kappa shape index (κ2) is 5.36. The lowest BCUT2D eigenvalue weighted by atomic mass is 9.72. The SMILES string of the molecule is CC1OC=C(C(=O)O)C2CC3c4[nH]c5ccccc5c4CCN3CC12. The van der Waals surface area contributed by atoms with Gasteiger partial charge in [-0.2, -0.15) is 0 Å². The number of rotatable bonds is 1. The Hall–Kier alpha value is -2.27. The molecule has 0 spiro atoms. The van der Waals surface area contributed by atoms with Gasteiger partial charge in [0.25, 0.3) is 0 Å². The molecule has 0 radical (unpaired) electrons. The summed E-state index contributed by atoms with van der Waals surface area (Å²) in [5.74, 6) is -0.541. The van der Waals surface area contributed by atoms with Gasteiger partial charge in [-0.05, 0) is 31.4 Å². The Balaban J connectivity index is 1.57. The Bertz CT molecular complexity index is 884. The van der Waals surface area contributed by atoms with Crippen LogP contribution in [-0.4, -0.2) is 40.2 Å². The van der Waals surface area contributed by atoms with Gasteiger partial charge in [0.05, 0.1) is 24.0 Å². The van der Waals surface area contributed by atoms with Crippen LogP contribution in [0.15, 0.2) is 36.1 Å². The van der Waals surface area contributed by atoms with Gasteiger partial charge in [0.1, 0.15) is 0 Å². The van der Waals surface area contributed by atoms with Crippen molar-refractivity contribution in [2.24, 2.45) is 11.8 Å². The van der Waals surface area contributed by atoms with Crippen LogP contribution in [0, 0.1) is 11.8 Å². The molecule has 4 atom stereocenters. The average Bonchev–Trinajstić information content (AvgIpc) is 3.00. The zero-order valence-corrected chi connectivity index (χ0v) is 14.2. The fourth-order valence-corrected chi connectivity index (χ4v) is 5.08. The average molecular weight is 338 g/mol. The zero-order chi connectivity index (χ0) is 17.1. The minimum atomic E-state index is -0.844. The number of benzene rings is 1. The number of hydrogen-bond donors (Lipinski definition) is 2. The van der Waals surface area contributed by atoms with Crippen LogP contribution < -0.4 is 0 Å². The van der Waals surface area contributed by atoms with E-state index in [4.69, 9.17) is 4.74 Å². The van der Waals surface area contributed by atoms with Gasteiger partial charge >= 0.3 is 5.97 Å². The molecule has 1 saturated heterocycles. The van der Waals surface area contributed by atoms with Crippen LogP contribution in [0.2, 0.25) is 0 Å². The molecule has 5 nitrogen and oxygen atoms in total. The molecule has 5 rings (SSSR count). The Labute approximate surface area is 146 Å². The van der Waals surface area contributed by atoms with E-state index in [0.717, 1.165) is 25.9 Å². The number of aromatic amines is 1. The molecule has 1 aromatic carbocycles. The molecule has 0 bridgehead atoms. The number of carboxylic acids is 1. The van der Waals surface area contributed by atoms with Crippen molar-refractivity contribution in [2.75, 3.05) is 13.1 Å². The van der Waals surface area contributed by atoms with Gasteiger partial charge in [0.15, 0.2) is 0 Å². The molecule has 3 aliphatic rings. The van der Waals surface area contributed by atoms with Gasteiger partial charge in [-0.15, -0.1) is 0 Å². The molecule has 2 aromatic rings. The van der Waals surface area contributed by atoms with Crippen LogP contribution in [0.1, 0.15) is 30.6 Å². The van der Waals surface area contributed by atoms with Crippen LogP contribution in [-0.2, 0) is 16.0 Å². The number of piperidine rings is 1. The maximum atomic E-state index is 11.7. The summed E-state index contributed by atoms with van der Waals surface area (Å²) in [5.41, 5.74) is 4.32. The van der Waals surface area contributed by atoms with Crippen LogP contribution in [0.5, 0.6) is 0 Å². The lowest BCUT2D eigenvalue weighted by Gasteiger charge is -2.49. The molecule has 0 aliphatic carbocycles. The molecular weight excluding hydrogens is 316 g/mol. The first-order chi connectivity index (χ1) is 12.1. The molecule has 0 saturated carbocycles. The summed E-state index contributed by atoms with van der Waals surface area (Å²) in [6.45, 7) is 3.99. The highest BCUT2D eigenvalue weighted by Gasteiger charge is 2.46. The smallest absolute Gasteiger partial charge is 0.334 e. The highest BCUT2D eigenvalue weighted by molar-refractivity contribution is 5.87. The molecule has 130 valence electrons. The van der Waals surface area contributed by atoms with Crippen LogP contribution in [0.4, 0.5) is 0 Å². The first-order valence-corrected chi connectivity index (χ1v) is 9.06.